The summed E-state index contributed by atoms with van der Waals surface area (Å²) in [6.45, 7) is 3.25. The lowest BCUT2D eigenvalue weighted by Gasteiger charge is -2.05. The van der Waals surface area contributed by atoms with E-state index in [0.717, 1.165) is 30.6 Å². The number of carbonyl (C=O) groups excluding carboxylic acids is 1. The molecule has 0 radical (unpaired) electrons. The summed E-state index contributed by atoms with van der Waals surface area (Å²) in [5.41, 5.74) is 1.12. The van der Waals surface area contributed by atoms with Crippen molar-refractivity contribution in [2.24, 2.45) is 0 Å². The van der Waals surface area contributed by atoms with Crippen LogP contribution in [0.5, 0.6) is 5.75 Å². The molecule has 4 heteroatoms. The van der Waals surface area contributed by atoms with Gasteiger partial charge in [-0.2, -0.15) is 0 Å². The lowest BCUT2D eigenvalue weighted by atomic mass is 10.1. The molecule has 0 aliphatic rings. The van der Waals surface area contributed by atoms with Crippen molar-refractivity contribution in [3.63, 3.8) is 0 Å². The third-order valence-corrected chi connectivity index (χ3v) is 3.54. The minimum absolute atomic E-state index is 0.145. The van der Waals surface area contributed by atoms with Gasteiger partial charge >= 0.3 is 0 Å². The molecule has 1 atom stereocenters. The molecule has 1 aromatic rings. The molecule has 0 spiro atoms. The molecule has 0 heterocycles. The number of Topliss-reactive ketones (excluding diaryl/α,β-unsaturated/α-hetero) is 1. The second-order valence-electron chi connectivity index (χ2n) is 5.73. The van der Waals surface area contributed by atoms with E-state index in [9.17, 15) is 9.90 Å². The van der Waals surface area contributed by atoms with Crippen LogP contribution in [0.3, 0.4) is 0 Å². The Bertz CT molecular complexity index is 525. The summed E-state index contributed by atoms with van der Waals surface area (Å²) in [6, 6.07) is 7.82. The Morgan fingerprint density at radius 3 is 2.67 bits per heavy atom. The molecule has 24 heavy (non-hydrogen) atoms. The van der Waals surface area contributed by atoms with E-state index in [2.05, 4.69) is 11.8 Å². The van der Waals surface area contributed by atoms with E-state index >= 15 is 0 Å². The van der Waals surface area contributed by atoms with Gasteiger partial charge in [-0.3, -0.25) is 4.79 Å². The van der Waals surface area contributed by atoms with E-state index in [0.29, 0.717) is 26.1 Å². The molecule has 1 N–H and O–H groups in total. The number of hydrogen-bond acceptors (Lipinski definition) is 4. The van der Waals surface area contributed by atoms with Crippen molar-refractivity contribution in [2.75, 3.05) is 13.7 Å². The molecule has 1 aromatic carbocycles. The van der Waals surface area contributed by atoms with Gasteiger partial charge in [-0.1, -0.05) is 31.4 Å². The molecular formula is C20H28O4. The second-order valence-corrected chi connectivity index (χ2v) is 5.73. The standard InChI is InChI=1S/C20H28O4/c1-3-8-18(21)15-19(22)9-6-4-5-7-14-24-16-17-10-12-20(23-2)13-11-17/h10-13,18,21H,3-5,7-8,14-16H2,1-2H3/t18-/m1/s1. The predicted molar refractivity (Wildman–Crippen MR) is 94.8 cm³/mol. The van der Waals surface area contributed by atoms with Gasteiger partial charge in [-0.05, 0) is 42.9 Å². The van der Waals surface area contributed by atoms with Gasteiger partial charge in [0.05, 0.1) is 19.8 Å². The molecule has 0 saturated carbocycles. The number of aliphatic hydroxyl groups is 1. The van der Waals surface area contributed by atoms with Crippen molar-refractivity contribution in [2.45, 2.75) is 58.2 Å². The maximum absolute atomic E-state index is 11.5. The van der Waals surface area contributed by atoms with E-state index in [-0.39, 0.29) is 12.2 Å². The normalized spacial score (nSPS) is 11.5. The van der Waals surface area contributed by atoms with Crippen LogP contribution in [-0.4, -0.2) is 30.7 Å². The summed E-state index contributed by atoms with van der Waals surface area (Å²) in [6.07, 6.45) is 3.62. The van der Waals surface area contributed by atoms with E-state index in [1.807, 2.05) is 31.2 Å². The third kappa shape index (κ3) is 9.34. The molecule has 0 unspecified atom stereocenters. The number of carbonyl (C=O) groups is 1. The van der Waals surface area contributed by atoms with E-state index in [4.69, 9.17) is 9.47 Å². The zero-order valence-electron chi connectivity index (χ0n) is 14.7. The fraction of sp³-hybridized carbons (Fsp3) is 0.550. The highest BCUT2D eigenvalue weighted by molar-refractivity contribution is 5.95. The molecule has 0 aliphatic heterocycles. The molecule has 0 aliphatic carbocycles. The summed E-state index contributed by atoms with van der Waals surface area (Å²) < 4.78 is 10.7. The maximum atomic E-state index is 11.5. The number of benzene rings is 1. The Morgan fingerprint density at radius 2 is 2.00 bits per heavy atom. The highest BCUT2D eigenvalue weighted by Gasteiger charge is 2.06. The smallest absolute Gasteiger partial charge is 0.208 e. The van der Waals surface area contributed by atoms with Gasteiger partial charge in [0.15, 0.2) is 0 Å². The SMILES string of the molecule is CCC[C@@H](O)CC(=O)C#CCCCCOCc1ccc(OC)cc1. The van der Waals surface area contributed by atoms with Crippen LogP contribution in [0.2, 0.25) is 0 Å². The molecular weight excluding hydrogens is 304 g/mol. The van der Waals surface area contributed by atoms with Gasteiger partial charge < -0.3 is 14.6 Å². The van der Waals surface area contributed by atoms with Crippen molar-refractivity contribution in [1.29, 1.82) is 0 Å². The first-order valence-electron chi connectivity index (χ1n) is 8.56. The Hall–Kier alpha value is -1.83. The second kappa shape index (κ2) is 12.6. The lowest BCUT2D eigenvalue weighted by Crippen LogP contribution is -2.11. The molecule has 0 bridgehead atoms. The quantitative estimate of drug-likeness (QED) is 0.383. The molecule has 0 fully saturated rings. The van der Waals surface area contributed by atoms with Gasteiger partial charge in [0.25, 0.3) is 0 Å². The minimum atomic E-state index is -0.553. The Morgan fingerprint density at radius 1 is 1.25 bits per heavy atom. The number of aliphatic hydroxyl groups excluding tert-OH is 1. The maximum Gasteiger partial charge on any atom is 0.208 e. The van der Waals surface area contributed by atoms with Gasteiger partial charge in [-0.15, -0.1) is 0 Å². The van der Waals surface area contributed by atoms with Crippen LogP contribution < -0.4 is 4.74 Å². The van der Waals surface area contributed by atoms with Crippen LogP contribution in [-0.2, 0) is 16.1 Å². The zero-order chi connectivity index (χ0) is 17.6. The van der Waals surface area contributed by atoms with Crippen LogP contribution in [0.1, 0.15) is 51.0 Å². The molecule has 1 rings (SSSR count). The van der Waals surface area contributed by atoms with Crippen molar-refractivity contribution >= 4 is 5.78 Å². The predicted octanol–water partition coefficient (Wildman–Crippen LogP) is 3.51. The number of methoxy groups -OCH3 is 1. The number of rotatable bonds is 11. The van der Waals surface area contributed by atoms with Gasteiger partial charge in [0.1, 0.15) is 5.75 Å². The van der Waals surface area contributed by atoms with Gasteiger partial charge in [-0.25, -0.2) is 0 Å². The molecule has 4 nitrogen and oxygen atoms in total. The molecule has 0 saturated heterocycles. The molecule has 0 aromatic heterocycles. The van der Waals surface area contributed by atoms with Crippen molar-refractivity contribution < 1.29 is 19.4 Å². The highest BCUT2D eigenvalue weighted by Crippen LogP contribution is 2.12. The number of hydrogen-bond donors (Lipinski definition) is 1. The summed E-state index contributed by atoms with van der Waals surface area (Å²) in [4.78, 5) is 11.5. The van der Waals surface area contributed by atoms with Gasteiger partial charge in [0.2, 0.25) is 5.78 Å². The van der Waals surface area contributed by atoms with Crippen LogP contribution in [0.25, 0.3) is 0 Å². The van der Waals surface area contributed by atoms with Crippen molar-refractivity contribution in [3.8, 4) is 17.6 Å². The van der Waals surface area contributed by atoms with E-state index in [1.54, 1.807) is 7.11 Å². The average Bonchev–Trinajstić information content (AvgIpc) is 2.58. The number of ether oxygens (including phenoxy) is 2. The van der Waals surface area contributed by atoms with E-state index < -0.39 is 6.10 Å². The van der Waals surface area contributed by atoms with Gasteiger partial charge in [0, 0.05) is 19.4 Å². The number of ketones is 1. The van der Waals surface area contributed by atoms with Crippen molar-refractivity contribution in [3.05, 3.63) is 29.8 Å². The molecule has 0 amide bonds. The number of unbranched alkanes of at least 4 members (excludes halogenated alkanes) is 2. The topological polar surface area (TPSA) is 55.8 Å². The summed E-state index contributed by atoms with van der Waals surface area (Å²) >= 11 is 0. The lowest BCUT2D eigenvalue weighted by molar-refractivity contribution is -0.115. The minimum Gasteiger partial charge on any atom is -0.497 e. The van der Waals surface area contributed by atoms with Crippen molar-refractivity contribution in [1.82, 2.24) is 0 Å². The Balaban J connectivity index is 2.06. The van der Waals surface area contributed by atoms with Crippen LogP contribution in [0.15, 0.2) is 24.3 Å². The average molecular weight is 332 g/mol. The summed E-state index contributed by atoms with van der Waals surface area (Å²) in [7, 11) is 1.65. The first-order chi connectivity index (χ1) is 11.7. The Labute approximate surface area is 145 Å². The van der Waals surface area contributed by atoms with Crippen LogP contribution >= 0.6 is 0 Å². The fourth-order valence-electron chi connectivity index (χ4n) is 2.19. The first kappa shape index (κ1) is 20.2. The highest BCUT2D eigenvalue weighted by atomic mass is 16.5. The Kier molecular flexibility index (Phi) is 10.6. The molecule has 132 valence electrons. The van der Waals surface area contributed by atoms with Crippen LogP contribution in [0.4, 0.5) is 0 Å². The fourth-order valence-corrected chi connectivity index (χ4v) is 2.19. The third-order valence-electron chi connectivity index (χ3n) is 3.54. The monoisotopic (exact) mass is 332 g/mol. The van der Waals surface area contributed by atoms with E-state index in [1.165, 1.54) is 0 Å². The summed E-state index contributed by atoms with van der Waals surface area (Å²) in [5, 5.41) is 9.53. The summed E-state index contributed by atoms with van der Waals surface area (Å²) in [5.74, 6) is 6.14. The zero-order valence-corrected chi connectivity index (χ0v) is 14.7. The first-order valence-corrected chi connectivity index (χ1v) is 8.56. The largest absolute Gasteiger partial charge is 0.497 e. The van der Waals surface area contributed by atoms with Crippen LogP contribution in [0, 0.1) is 11.8 Å².